The first kappa shape index (κ1) is 19.6. The van der Waals surface area contributed by atoms with E-state index >= 15 is 0 Å². The Labute approximate surface area is 168 Å². The Kier molecular flexibility index (Phi) is 5.91. The van der Waals surface area contributed by atoms with Crippen LogP contribution >= 0.6 is 0 Å². The molecule has 0 aliphatic rings. The maximum atomic E-state index is 13.0. The van der Waals surface area contributed by atoms with E-state index in [9.17, 15) is 14.9 Å². The number of rotatable bonds is 5. The minimum absolute atomic E-state index is 0.245. The lowest BCUT2D eigenvalue weighted by molar-refractivity contribution is -0.114. The van der Waals surface area contributed by atoms with Gasteiger partial charge in [-0.15, -0.1) is 0 Å². The molecule has 0 unspecified atom stereocenters. The lowest BCUT2D eigenvalue weighted by Gasteiger charge is -2.14. The van der Waals surface area contributed by atoms with Crippen molar-refractivity contribution in [2.75, 3.05) is 17.7 Å². The van der Waals surface area contributed by atoms with Gasteiger partial charge in [-0.2, -0.15) is 5.26 Å². The van der Waals surface area contributed by atoms with Gasteiger partial charge in [0.15, 0.2) is 0 Å². The number of amides is 2. The van der Waals surface area contributed by atoms with Gasteiger partial charge < -0.3 is 15.4 Å². The largest absolute Gasteiger partial charge is 0.495 e. The van der Waals surface area contributed by atoms with Crippen molar-refractivity contribution >= 4 is 23.2 Å². The summed E-state index contributed by atoms with van der Waals surface area (Å²) in [6.45, 7) is 1.40. The Bertz CT molecular complexity index is 1120. The Morgan fingerprint density at radius 2 is 1.62 bits per heavy atom. The average Bonchev–Trinajstić information content (AvgIpc) is 2.73. The predicted molar refractivity (Wildman–Crippen MR) is 112 cm³/mol. The molecular weight excluding hydrogens is 366 g/mol. The van der Waals surface area contributed by atoms with Gasteiger partial charge in [-0.3, -0.25) is 9.59 Å². The van der Waals surface area contributed by atoms with Gasteiger partial charge in [0.05, 0.1) is 24.4 Å². The van der Waals surface area contributed by atoms with Gasteiger partial charge >= 0.3 is 0 Å². The standard InChI is InChI=1S/C23H19N3O3/c1-15(27)25-21-13-17(11-12-22(21)29-2)26-23(28)20-10-6-5-9-19(20)18-8-4-3-7-16(18)14-24/h3-13H,1-2H3,(H,25,27)(H,26,28). The molecule has 0 atom stereocenters. The zero-order valence-electron chi connectivity index (χ0n) is 16.0. The number of hydrogen-bond acceptors (Lipinski definition) is 4. The summed E-state index contributed by atoms with van der Waals surface area (Å²) in [5.41, 5.74) is 3.24. The quantitative estimate of drug-likeness (QED) is 0.679. The van der Waals surface area contributed by atoms with E-state index in [1.165, 1.54) is 14.0 Å². The fraction of sp³-hybridized carbons (Fsp3) is 0.0870. The summed E-state index contributed by atoms with van der Waals surface area (Å²) in [5, 5.41) is 14.9. The van der Waals surface area contributed by atoms with Gasteiger partial charge in [0.1, 0.15) is 5.75 Å². The van der Waals surface area contributed by atoms with Crippen molar-refractivity contribution < 1.29 is 14.3 Å². The van der Waals surface area contributed by atoms with E-state index in [1.54, 1.807) is 42.5 Å². The summed E-state index contributed by atoms with van der Waals surface area (Å²) in [6.07, 6.45) is 0. The molecule has 0 saturated heterocycles. The average molecular weight is 385 g/mol. The lowest BCUT2D eigenvalue weighted by atomic mass is 9.95. The number of carbonyl (C=O) groups is 2. The number of nitrogens with one attached hydrogen (secondary N) is 2. The molecule has 0 spiro atoms. The summed E-state index contributed by atoms with van der Waals surface area (Å²) in [7, 11) is 1.50. The number of nitrogens with zero attached hydrogens (tertiary/aromatic N) is 1. The van der Waals surface area contributed by atoms with Crippen LogP contribution in [0.1, 0.15) is 22.8 Å². The van der Waals surface area contributed by atoms with Crippen molar-refractivity contribution in [2.24, 2.45) is 0 Å². The van der Waals surface area contributed by atoms with Crippen LogP contribution in [0.2, 0.25) is 0 Å². The molecule has 3 aromatic carbocycles. The van der Waals surface area contributed by atoms with Crippen molar-refractivity contribution in [3.8, 4) is 22.9 Å². The molecular formula is C23H19N3O3. The van der Waals surface area contributed by atoms with E-state index in [1.807, 2.05) is 24.3 Å². The second kappa shape index (κ2) is 8.72. The van der Waals surface area contributed by atoms with Gasteiger partial charge in [-0.25, -0.2) is 0 Å². The Balaban J connectivity index is 1.95. The molecule has 29 heavy (non-hydrogen) atoms. The van der Waals surface area contributed by atoms with Crippen molar-refractivity contribution in [2.45, 2.75) is 6.92 Å². The summed E-state index contributed by atoms with van der Waals surface area (Å²) >= 11 is 0. The minimum atomic E-state index is -0.327. The number of benzene rings is 3. The molecule has 0 bridgehead atoms. The fourth-order valence-corrected chi connectivity index (χ4v) is 3.00. The smallest absolute Gasteiger partial charge is 0.256 e. The van der Waals surface area contributed by atoms with E-state index in [2.05, 4.69) is 16.7 Å². The van der Waals surface area contributed by atoms with Crippen molar-refractivity contribution in [3.63, 3.8) is 0 Å². The monoisotopic (exact) mass is 385 g/mol. The maximum Gasteiger partial charge on any atom is 0.256 e. The van der Waals surface area contributed by atoms with Crippen LogP contribution in [0.25, 0.3) is 11.1 Å². The molecule has 6 nitrogen and oxygen atoms in total. The highest BCUT2D eigenvalue weighted by atomic mass is 16.5. The van der Waals surface area contributed by atoms with E-state index in [0.717, 1.165) is 0 Å². The second-order valence-electron chi connectivity index (χ2n) is 6.25. The van der Waals surface area contributed by atoms with Gasteiger partial charge in [-0.1, -0.05) is 36.4 Å². The third-order valence-corrected chi connectivity index (χ3v) is 4.28. The molecule has 144 valence electrons. The summed E-state index contributed by atoms with van der Waals surface area (Å²) < 4.78 is 5.24. The zero-order valence-corrected chi connectivity index (χ0v) is 16.0. The normalized spacial score (nSPS) is 9.97. The van der Waals surface area contributed by atoms with Crippen LogP contribution in [-0.4, -0.2) is 18.9 Å². The number of nitriles is 1. The molecule has 0 aliphatic heterocycles. The topological polar surface area (TPSA) is 91.2 Å². The van der Waals surface area contributed by atoms with Crippen LogP contribution in [0.3, 0.4) is 0 Å². The summed E-state index contributed by atoms with van der Waals surface area (Å²) in [4.78, 5) is 24.4. The third kappa shape index (κ3) is 4.42. The fourth-order valence-electron chi connectivity index (χ4n) is 3.00. The number of carbonyl (C=O) groups excluding carboxylic acids is 2. The van der Waals surface area contributed by atoms with Gasteiger partial charge in [-0.05, 0) is 35.9 Å². The van der Waals surface area contributed by atoms with Crippen LogP contribution < -0.4 is 15.4 Å². The van der Waals surface area contributed by atoms with Gasteiger partial charge in [0.25, 0.3) is 5.91 Å². The SMILES string of the molecule is COc1ccc(NC(=O)c2ccccc2-c2ccccc2C#N)cc1NC(C)=O. The number of ether oxygens (including phenoxy) is 1. The van der Waals surface area contributed by atoms with Crippen molar-refractivity contribution in [1.82, 2.24) is 0 Å². The molecule has 0 heterocycles. The third-order valence-electron chi connectivity index (χ3n) is 4.28. The molecule has 0 fully saturated rings. The Morgan fingerprint density at radius 1 is 0.931 bits per heavy atom. The lowest BCUT2D eigenvalue weighted by Crippen LogP contribution is -2.14. The zero-order chi connectivity index (χ0) is 20.8. The Hall–Kier alpha value is -4.11. The first-order valence-corrected chi connectivity index (χ1v) is 8.89. The number of anilines is 2. The molecule has 3 aromatic rings. The maximum absolute atomic E-state index is 13.0. The van der Waals surface area contributed by atoms with E-state index in [-0.39, 0.29) is 11.8 Å². The van der Waals surface area contributed by atoms with Crippen LogP contribution in [0.5, 0.6) is 5.75 Å². The second-order valence-corrected chi connectivity index (χ2v) is 6.25. The number of methoxy groups -OCH3 is 1. The minimum Gasteiger partial charge on any atom is -0.495 e. The molecule has 3 rings (SSSR count). The molecule has 0 saturated carbocycles. The number of hydrogen-bond donors (Lipinski definition) is 2. The van der Waals surface area contributed by atoms with E-state index < -0.39 is 0 Å². The first-order chi connectivity index (χ1) is 14.0. The highest BCUT2D eigenvalue weighted by Crippen LogP contribution is 2.30. The molecule has 6 heteroatoms. The summed E-state index contributed by atoms with van der Waals surface area (Å²) in [6, 6.07) is 21.4. The van der Waals surface area contributed by atoms with Crippen LogP contribution in [0.15, 0.2) is 66.7 Å². The highest BCUT2D eigenvalue weighted by molar-refractivity contribution is 6.09. The van der Waals surface area contributed by atoms with E-state index in [4.69, 9.17) is 4.74 Å². The van der Waals surface area contributed by atoms with Crippen LogP contribution in [-0.2, 0) is 4.79 Å². The first-order valence-electron chi connectivity index (χ1n) is 8.89. The van der Waals surface area contributed by atoms with Crippen molar-refractivity contribution in [1.29, 1.82) is 5.26 Å². The molecule has 0 aliphatic carbocycles. The molecule has 2 amide bonds. The van der Waals surface area contributed by atoms with Gasteiger partial charge in [0, 0.05) is 23.7 Å². The van der Waals surface area contributed by atoms with Crippen molar-refractivity contribution in [3.05, 3.63) is 77.9 Å². The van der Waals surface area contributed by atoms with Gasteiger partial charge in [0.2, 0.25) is 5.91 Å². The van der Waals surface area contributed by atoms with Crippen LogP contribution in [0, 0.1) is 11.3 Å². The highest BCUT2D eigenvalue weighted by Gasteiger charge is 2.16. The van der Waals surface area contributed by atoms with Crippen LogP contribution in [0.4, 0.5) is 11.4 Å². The summed E-state index contributed by atoms with van der Waals surface area (Å²) in [5.74, 6) is -0.0842. The molecule has 0 aromatic heterocycles. The van der Waals surface area contributed by atoms with E-state index in [0.29, 0.717) is 39.4 Å². The molecule has 0 radical (unpaired) electrons. The predicted octanol–water partition coefficient (Wildman–Crippen LogP) is 4.44. The Morgan fingerprint density at radius 3 is 2.31 bits per heavy atom. The molecule has 2 N–H and O–H groups in total.